The van der Waals surface area contributed by atoms with Crippen LogP contribution in [0.1, 0.15) is 24.0 Å². The van der Waals surface area contributed by atoms with Crippen molar-refractivity contribution in [2.75, 3.05) is 12.4 Å². The molecule has 0 unspecified atom stereocenters. The van der Waals surface area contributed by atoms with Gasteiger partial charge in [-0.3, -0.25) is 4.79 Å². The fourth-order valence-electron chi connectivity index (χ4n) is 2.23. The highest BCUT2D eigenvalue weighted by molar-refractivity contribution is 14.1. The van der Waals surface area contributed by atoms with Gasteiger partial charge in [-0.05, 0) is 83.8 Å². The van der Waals surface area contributed by atoms with E-state index in [9.17, 15) is 4.79 Å². The summed E-state index contributed by atoms with van der Waals surface area (Å²) in [4.78, 5) is 12.0. The Labute approximate surface area is 145 Å². The van der Waals surface area contributed by atoms with Crippen LogP contribution in [0.4, 0.5) is 5.69 Å². The van der Waals surface area contributed by atoms with E-state index in [2.05, 4.69) is 34.0 Å². The van der Waals surface area contributed by atoms with E-state index in [0.717, 1.165) is 29.8 Å². The molecule has 0 heterocycles. The van der Waals surface area contributed by atoms with Gasteiger partial charge in [0.05, 0.1) is 7.11 Å². The van der Waals surface area contributed by atoms with Crippen LogP contribution in [0.5, 0.6) is 5.75 Å². The van der Waals surface area contributed by atoms with Gasteiger partial charge in [0.25, 0.3) is 0 Å². The molecule has 0 saturated carbocycles. The van der Waals surface area contributed by atoms with Gasteiger partial charge in [0.2, 0.25) is 5.91 Å². The van der Waals surface area contributed by atoms with E-state index in [-0.39, 0.29) is 5.91 Å². The summed E-state index contributed by atoms with van der Waals surface area (Å²) in [5.74, 6) is 0.925. The molecular weight excluding hydrogens is 389 g/mol. The zero-order valence-electron chi connectivity index (χ0n) is 12.9. The molecule has 0 atom stereocenters. The molecule has 0 saturated heterocycles. The number of carbonyl (C=O) groups excluding carboxylic acids is 1. The van der Waals surface area contributed by atoms with E-state index in [4.69, 9.17) is 4.74 Å². The third-order valence-electron chi connectivity index (χ3n) is 3.49. The molecule has 2 aromatic rings. The highest BCUT2D eigenvalue weighted by Crippen LogP contribution is 2.18. The van der Waals surface area contributed by atoms with E-state index < -0.39 is 0 Å². The first-order valence-corrected chi connectivity index (χ1v) is 8.35. The third-order valence-corrected chi connectivity index (χ3v) is 4.16. The van der Waals surface area contributed by atoms with Crippen molar-refractivity contribution in [2.45, 2.75) is 26.2 Å². The smallest absolute Gasteiger partial charge is 0.224 e. The van der Waals surface area contributed by atoms with E-state index >= 15 is 0 Å². The second kappa shape index (κ2) is 8.17. The lowest BCUT2D eigenvalue weighted by molar-refractivity contribution is -0.116. The van der Waals surface area contributed by atoms with Crippen LogP contribution in [0.2, 0.25) is 0 Å². The standard InChI is InChI=1S/C18H20INO2/c1-13-12-15(19)8-11-17(13)20-18(21)5-3-4-14-6-9-16(22-2)10-7-14/h6-12H,3-5H2,1-2H3,(H,20,21). The lowest BCUT2D eigenvalue weighted by Crippen LogP contribution is -2.12. The monoisotopic (exact) mass is 409 g/mol. The molecule has 2 rings (SSSR count). The predicted octanol–water partition coefficient (Wildman–Crippen LogP) is 4.57. The summed E-state index contributed by atoms with van der Waals surface area (Å²) < 4.78 is 6.31. The molecule has 22 heavy (non-hydrogen) atoms. The largest absolute Gasteiger partial charge is 0.497 e. The van der Waals surface area contributed by atoms with E-state index in [1.165, 1.54) is 9.13 Å². The fraction of sp³-hybridized carbons (Fsp3) is 0.278. The Morgan fingerprint density at radius 2 is 1.91 bits per heavy atom. The van der Waals surface area contributed by atoms with Crippen LogP contribution < -0.4 is 10.1 Å². The van der Waals surface area contributed by atoms with Crippen molar-refractivity contribution < 1.29 is 9.53 Å². The van der Waals surface area contributed by atoms with E-state index in [1.807, 2.05) is 43.3 Å². The minimum atomic E-state index is 0.0674. The van der Waals surface area contributed by atoms with Crippen molar-refractivity contribution >= 4 is 34.2 Å². The summed E-state index contributed by atoms with van der Waals surface area (Å²) in [7, 11) is 1.66. The van der Waals surface area contributed by atoms with Gasteiger partial charge in [0.1, 0.15) is 5.75 Å². The molecule has 0 aromatic heterocycles. The molecule has 0 bridgehead atoms. The van der Waals surface area contributed by atoms with Gasteiger partial charge in [-0.2, -0.15) is 0 Å². The number of benzene rings is 2. The topological polar surface area (TPSA) is 38.3 Å². The highest BCUT2D eigenvalue weighted by Gasteiger charge is 2.05. The van der Waals surface area contributed by atoms with Gasteiger partial charge < -0.3 is 10.1 Å². The van der Waals surface area contributed by atoms with Gasteiger partial charge in [0.15, 0.2) is 0 Å². The van der Waals surface area contributed by atoms with Crippen LogP contribution in [0.3, 0.4) is 0 Å². The first-order valence-electron chi connectivity index (χ1n) is 7.27. The Bertz CT molecular complexity index is 638. The van der Waals surface area contributed by atoms with Crippen molar-refractivity contribution in [1.29, 1.82) is 0 Å². The number of rotatable bonds is 6. The molecule has 0 aliphatic carbocycles. The number of aryl methyl sites for hydroxylation is 2. The second-order valence-electron chi connectivity index (χ2n) is 5.21. The maximum Gasteiger partial charge on any atom is 0.224 e. The number of halogens is 1. The van der Waals surface area contributed by atoms with Crippen molar-refractivity contribution in [3.05, 3.63) is 57.2 Å². The van der Waals surface area contributed by atoms with Crippen LogP contribution in [0.15, 0.2) is 42.5 Å². The van der Waals surface area contributed by atoms with Crippen LogP contribution in [-0.2, 0) is 11.2 Å². The SMILES string of the molecule is COc1ccc(CCCC(=O)Nc2ccc(I)cc2C)cc1. The van der Waals surface area contributed by atoms with Crippen LogP contribution in [0.25, 0.3) is 0 Å². The normalized spacial score (nSPS) is 10.3. The zero-order chi connectivity index (χ0) is 15.9. The van der Waals surface area contributed by atoms with Crippen LogP contribution in [-0.4, -0.2) is 13.0 Å². The van der Waals surface area contributed by atoms with E-state index in [0.29, 0.717) is 6.42 Å². The second-order valence-corrected chi connectivity index (χ2v) is 6.45. The number of amides is 1. The maximum atomic E-state index is 12.0. The number of nitrogens with one attached hydrogen (secondary N) is 1. The third kappa shape index (κ3) is 5.02. The minimum absolute atomic E-state index is 0.0674. The molecule has 0 aliphatic heterocycles. The van der Waals surface area contributed by atoms with Crippen molar-refractivity contribution in [1.82, 2.24) is 0 Å². The molecule has 4 heteroatoms. The molecule has 0 radical (unpaired) electrons. The lowest BCUT2D eigenvalue weighted by atomic mass is 10.1. The molecule has 1 N–H and O–H groups in total. The minimum Gasteiger partial charge on any atom is -0.497 e. The number of anilines is 1. The van der Waals surface area contributed by atoms with Crippen LogP contribution in [0, 0.1) is 10.5 Å². The summed E-state index contributed by atoms with van der Waals surface area (Å²) >= 11 is 2.27. The highest BCUT2D eigenvalue weighted by atomic mass is 127. The predicted molar refractivity (Wildman–Crippen MR) is 98.5 cm³/mol. The van der Waals surface area contributed by atoms with Crippen molar-refractivity contribution in [2.24, 2.45) is 0 Å². The summed E-state index contributed by atoms with van der Waals surface area (Å²) in [6.07, 6.45) is 2.25. The lowest BCUT2D eigenvalue weighted by Gasteiger charge is -2.09. The number of hydrogen-bond donors (Lipinski definition) is 1. The average Bonchev–Trinajstić information content (AvgIpc) is 2.51. The first-order chi connectivity index (χ1) is 10.6. The first kappa shape index (κ1) is 16.8. The molecular formula is C18H20INO2. The maximum absolute atomic E-state index is 12.0. The molecule has 2 aromatic carbocycles. The summed E-state index contributed by atoms with van der Waals surface area (Å²) in [5.41, 5.74) is 3.21. The Morgan fingerprint density at radius 1 is 1.18 bits per heavy atom. The quantitative estimate of drug-likeness (QED) is 0.710. The molecule has 3 nitrogen and oxygen atoms in total. The molecule has 0 spiro atoms. The summed E-state index contributed by atoms with van der Waals surface area (Å²) in [6, 6.07) is 14.0. The molecule has 0 fully saturated rings. The van der Waals surface area contributed by atoms with Gasteiger partial charge in [0, 0.05) is 15.7 Å². The van der Waals surface area contributed by atoms with Gasteiger partial charge in [-0.15, -0.1) is 0 Å². The van der Waals surface area contributed by atoms with Crippen LogP contribution >= 0.6 is 22.6 Å². The number of carbonyl (C=O) groups is 1. The fourth-order valence-corrected chi connectivity index (χ4v) is 2.87. The van der Waals surface area contributed by atoms with Crippen molar-refractivity contribution in [3.63, 3.8) is 0 Å². The van der Waals surface area contributed by atoms with Crippen molar-refractivity contribution in [3.8, 4) is 5.75 Å². The van der Waals surface area contributed by atoms with Gasteiger partial charge in [-0.1, -0.05) is 12.1 Å². The summed E-state index contributed by atoms with van der Waals surface area (Å²) in [6.45, 7) is 2.01. The Kier molecular flexibility index (Phi) is 6.24. The number of methoxy groups -OCH3 is 1. The Hall–Kier alpha value is -1.56. The Balaban J connectivity index is 1.79. The van der Waals surface area contributed by atoms with E-state index in [1.54, 1.807) is 7.11 Å². The molecule has 116 valence electrons. The number of hydrogen-bond acceptors (Lipinski definition) is 2. The molecule has 0 aliphatic rings. The molecule has 1 amide bonds. The average molecular weight is 409 g/mol. The zero-order valence-corrected chi connectivity index (χ0v) is 15.0. The van der Waals surface area contributed by atoms with Gasteiger partial charge >= 0.3 is 0 Å². The summed E-state index contributed by atoms with van der Waals surface area (Å²) in [5, 5.41) is 2.98. The number of ether oxygens (including phenoxy) is 1. The Morgan fingerprint density at radius 3 is 2.55 bits per heavy atom. The van der Waals surface area contributed by atoms with Gasteiger partial charge in [-0.25, -0.2) is 0 Å².